The second-order valence-electron chi connectivity index (χ2n) is 4.36. The van der Waals surface area contributed by atoms with Crippen LogP contribution >= 0.6 is 0 Å². The summed E-state index contributed by atoms with van der Waals surface area (Å²) in [6.45, 7) is 2.79. The van der Waals surface area contributed by atoms with Crippen LogP contribution in [-0.2, 0) is 16.0 Å². The van der Waals surface area contributed by atoms with E-state index >= 15 is 0 Å². The number of ether oxygens (including phenoxy) is 1. The van der Waals surface area contributed by atoms with E-state index in [-0.39, 0.29) is 5.91 Å². The number of allylic oxidation sites excluding steroid dienone is 1. The third-order valence-electron chi connectivity index (χ3n) is 3.02. The van der Waals surface area contributed by atoms with Gasteiger partial charge in [-0.15, -0.1) is 0 Å². The summed E-state index contributed by atoms with van der Waals surface area (Å²) in [4.78, 5) is 13.7. The molecule has 0 aromatic heterocycles. The molecule has 1 aliphatic rings. The van der Waals surface area contributed by atoms with Crippen molar-refractivity contribution in [2.24, 2.45) is 0 Å². The molecule has 96 valence electrons. The van der Waals surface area contributed by atoms with Crippen LogP contribution in [0.4, 0.5) is 0 Å². The molecule has 0 atom stereocenters. The summed E-state index contributed by atoms with van der Waals surface area (Å²) in [5.74, 6) is 0.197. The van der Waals surface area contributed by atoms with Gasteiger partial charge in [0.1, 0.15) is 0 Å². The van der Waals surface area contributed by atoms with Gasteiger partial charge in [0.05, 0.1) is 13.2 Å². The molecule has 3 heteroatoms. The predicted molar refractivity (Wildman–Crippen MR) is 71.3 cm³/mol. The summed E-state index contributed by atoms with van der Waals surface area (Å²) in [6.07, 6.45) is 5.41. The average molecular weight is 245 g/mol. The summed E-state index contributed by atoms with van der Waals surface area (Å²) in [5, 5.41) is 0. The Balaban J connectivity index is 1.72. The first kappa shape index (κ1) is 12.8. The highest BCUT2D eigenvalue weighted by Gasteiger charge is 2.14. The normalized spacial score (nSPS) is 16.1. The molecule has 0 bridgehead atoms. The van der Waals surface area contributed by atoms with E-state index in [0.717, 1.165) is 19.5 Å². The molecule has 0 aliphatic carbocycles. The molecule has 0 spiro atoms. The second kappa shape index (κ2) is 6.97. The lowest BCUT2D eigenvalue weighted by Gasteiger charge is -2.26. The van der Waals surface area contributed by atoms with Crippen molar-refractivity contribution < 1.29 is 9.53 Å². The van der Waals surface area contributed by atoms with Gasteiger partial charge in [0.2, 0.25) is 5.91 Å². The predicted octanol–water partition coefficient (Wildman–Crippen LogP) is 2.03. The van der Waals surface area contributed by atoms with Crippen LogP contribution in [0.3, 0.4) is 0 Å². The van der Waals surface area contributed by atoms with E-state index in [1.165, 1.54) is 5.56 Å². The van der Waals surface area contributed by atoms with Gasteiger partial charge < -0.3 is 9.64 Å². The number of carbonyl (C=O) groups is 1. The zero-order valence-electron chi connectivity index (χ0n) is 10.5. The highest BCUT2D eigenvalue weighted by molar-refractivity contribution is 5.77. The maximum atomic E-state index is 11.8. The van der Waals surface area contributed by atoms with E-state index in [9.17, 15) is 4.79 Å². The van der Waals surface area contributed by atoms with Crippen LogP contribution in [0.25, 0.3) is 0 Å². The lowest BCUT2D eigenvalue weighted by atomic mass is 10.1. The number of morpholine rings is 1. The molecule has 1 saturated heterocycles. The van der Waals surface area contributed by atoms with Gasteiger partial charge in [-0.25, -0.2) is 0 Å². The van der Waals surface area contributed by atoms with Crippen LogP contribution in [0.1, 0.15) is 12.0 Å². The third kappa shape index (κ3) is 4.00. The van der Waals surface area contributed by atoms with Gasteiger partial charge in [-0.2, -0.15) is 0 Å². The fourth-order valence-corrected chi connectivity index (χ4v) is 1.96. The Morgan fingerprint density at radius 1 is 1.17 bits per heavy atom. The Labute approximate surface area is 108 Å². The van der Waals surface area contributed by atoms with Crippen LogP contribution < -0.4 is 0 Å². The van der Waals surface area contributed by atoms with E-state index in [4.69, 9.17) is 4.74 Å². The minimum Gasteiger partial charge on any atom is -0.378 e. The van der Waals surface area contributed by atoms with E-state index in [1.54, 1.807) is 0 Å². The fraction of sp³-hybridized carbons (Fsp3) is 0.400. The average Bonchev–Trinajstić information content (AvgIpc) is 2.45. The monoisotopic (exact) mass is 245 g/mol. The van der Waals surface area contributed by atoms with E-state index in [0.29, 0.717) is 19.6 Å². The van der Waals surface area contributed by atoms with Crippen LogP contribution in [0.5, 0.6) is 0 Å². The molecule has 0 N–H and O–H groups in total. The maximum absolute atomic E-state index is 11.8. The minimum absolute atomic E-state index is 0.197. The summed E-state index contributed by atoms with van der Waals surface area (Å²) in [7, 11) is 0. The number of rotatable bonds is 4. The molecule has 1 amide bonds. The van der Waals surface area contributed by atoms with Crippen molar-refractivity contribution in [3.8, 4) is 0 Å². The number of hydrogen-bond donors (Lipinski definition) is 0. The third-order valence-corrected chi connectivity index (χ3v) is 3.02. The van der Waals surface area contributed by atoms with Crippen molar-refractivity contribution in [3.05, 3.63) is 48.0 Å². The fourth-order valence-electron chi connectivity index (χ4n) is 1.96. The van der Waals surface area contributed by atoms with Gasteiger partial charge in [-0.3, -0.25) is 4.79 Å². The van der Waals surface area contributed by atoms with Gasteiger partial charge in [-0.05, 0) is 12.0 Å². The van der Waals surface area contributed by atoms with Gasteiger partial charge in [0.15, 0.2) is 0 Å². The van der Waals surface area contributed by atoms with Crippen molar-refractivity contribution >= 4 is 5.91 Å². The van der Waals surface area contributed by atoms with Crippen molar-refractivity contribution in [2.75, 3.05) is 26.3 Å². The Hall–Kier alpha value is -1.61. The second-order valence-corrected chi connectivity index (χ2v) is 4.36. The Morgan fingerprint density at radius 3 is 2.61 bits per heavy atom. The highest BCUT2D eigenvalue weighted by Crippen LogP contribution is 2.03. The van der Waals surface area contributed by atoms with Crippen LogP contribution in [0.2, 0.25) is 0 Å². The van der Waals surface area contributed by atoms with Crippen molar-refractivity contribution in [1.82, 2.24) is 4.90 Å². The van der Waals surface area contributed by atoms with Crippen LogP contribution in [0, 0.1) is 0 Å². The topological polar surface area (TPSA) is 29.5 Å². The molecule has 3 nitrogen and oxygen atoms in total. The number of hydrogen-bond acceptors (Lipinski definition) is 2. The van der Waals surface area contributed by atoms with E-state index in [2.05, 4.69) is 18.2 Å². The highest BCUT2D eigenvalue weighted by atomic mass is 16.5. The molecule has 1 aromatic rings. The SMILES string of the molecule is O=C(C/C=C/Cc1ccccc1)N1CCOCC1. The van der Waals surface area contributed by atoms with Gasteiger partial charge in [0, 0.05) is 19.5 Å². The molecular weight excluding hydrogens is 226 g/mol. The largest absolute Gasteiger partial charge is 0.378 e. The molecule has 0 radical (unpaired) electrons. The molecule has 0 unspecified atom stereocenters. The van der Waals surface area contributed by atoms with Crippen molar-refractivity contribution in [2.45, 2.75) is 12.8 Å². The smallest absolute Gasteiger partial charge is 0.226 e. The molecule has 0 saturated carbocycles. The molecular formula is C15H19NO2. The summed E-state index contributed by atoms with van der Waals surface area (Å²) in [5.41, 5.74) is 1.27. The molecule has 1 aliphatic heterocycles. The summed E-state index contributed by atoms with van der Waals surface area (Å²) < 4.78 is 5.22. The first-order valence-electron chi connectivity index (χ1n) is 6.41. The quantitative estimate of drug-likeness (QED) is 0.760. The van der Waals surface area contributed by atoms with Gasteiger partial charge in [0.25, 0.3) is 0 Å². The summed E-state index contributed by atoms with van der Waals surface area (Å²) >= 11 is 0. The number of nitrogens with zero attached hydrogens (tertiary/aromatic N) is 1. The Kier molecular flexibility index (Phi) is 4.97. The number of benzene rings is 1. The Morgan fingerprint density at radius 2 is 1.89 bits per heavy atom. The lowest BCUT2D eigenvalue weighted by molar-refractivity contribution is -0.134. The van der Waals surface area contributed by atoms with Crippen molar-refractivity contribution in [1.29, 1.82) is 0 Å². The Bertz CT molecular complexity index is 394. The first-order valence-corrected chi connectivity index (χ1v) is 6.41. The lowest BCUT2D eigenvalue weighted by Crippen LogP contribution is -2.40. The number of amides is 1. The maximum Gasteiger partial charge on any atom is 0.226 e. The van der Waals surface area contributed by atoms with E-state index < -0.39 is 0 Å². The molecule has 2 rings (SSSR count). The molecule has 1 aromatic carbocycles. The van der Waals surface area contributed by atoms with Crippen molar-refractivity contribution in [3.63, 3.8) is 0 Å². The molecule has 1 fully saturated rings. The standard InChI is InChI=1S/C15H19NO2/c17-15(16-10-12-18-13-11-16)9-5-4-8-14-6-2-1-3-7-14/h1-7H,8-13H2/b5-4+. The van der Waals surface area contributed by atoms with Crippen LogP contribution in [-0.4, -0.2) is 37.1 Å². The van der Waals surface area contributed by atoms with Gasteiger partial charge >= 0.3 is 0 Å². The molecule has 18 heavy (non-hydrogen) atoms. The zero-order valence-corrected chi connectivity index (χ0v) is 10.5. The number of carbonyl (C=O) groups excluding carboxylic acids is 1. The summed E-state index contributed by atoms with van der Waals surface area (Å²) in [6, 6.07) is 10.3. The van der Waals surface area contributed by atoms with E-state index in [1.807, 2.05) is 29.2 Å². The zero-order chi connectivity index (χ0) is 12.6. The van der Waals surface area contributed by atoms with Crippen LogP contribution in [0.15, 0.2) is 42.5 Å². The minimum atomic E-state index is 0.197. The molecule has 1 heterocycles. The van der Waals surface area contributed by atoms with Gasteiger partial charge in [-0.1, -0.05) is 42.5 Å². The first-order chi connectivity index (χ1) is 8.86.